The highest BCUT2D eigenvalue weighted by atomic mass is 16.5. The van der Waals surface area contributed by atoms with Crippen molar-refractivity contribution < 1.29 is 9.84 Å². The van der Waals surface area contributed by atoms with Crippen molar-refractivity contribution in [1.82, 2.24) is 19.8 Å². The first-order chi connectivity index (χ1) is 11.6. The van der Waals surface area contributed by atoms with Gasteiger partial charge >= 0.3 is 0 Å². The predicted molar refractivity (Wildman–Crippen MR) is 92.7 cm³/mol. The molecule has 1 aromatic heterocycles. The molecule has 0 unspecified atom stereocenters. The number of nitrogens with zero attached hydrogens (tertiary/aromatic N) is 3. The highest BCUT2D eigenvalue weighted by molar-refractivity contribution is 5.15. The molecule has 2 N–H and O–H groups in total. The van der Waals surface area contributed by atoms with Crippen molar-refractivity contribution in [1.29, 1.82) is 0 Å². The van der Waals surface area contributed by atoms with Crippen molar-refractivity contribution in [3.05, 3.63) is 54.1 Å². The first kappa shape index (κ1) is 17.1. The second kappa shape index (κ2) is 7.90. The molecule has 2 aromatic rings. The number of nitrogens with one attached hydrogen (secondary N) is 1. The van der Waals surface area contributed by atoms with Crippen molar-refractivity contribution in [2.24, 2.45) is 0 Å². The number of aromatic nitrogens is 2. The maximum Gasteiger partial charge on any atom is 0.123 e. The smallest absolute Gasteiger partial charge is 0.123 e. The van der Waals surface area contributed by atoms with Crippen molar-refractivity contribution in [2.75, 3.05) is 39.9 Å². The van der Waals surface area contributed by atoms with Crippen LogP contribution in [0.3, 0.4) is 0 Å². The summed E-state index contributed by atoms with van der Waals surface area (Å²) in [6, 6.07) is 10.4. The Morgan fingerprint density at radius 3 is 3.04 bits per heavy atom. The zero-order chi connectivity index (χ0) is 16.8. The average molecular weight is 330 g/mol. The predicted octanol–water partition coefficient (Wildman–Crippen LogP) is 0.714. The van der Waals surface area contributed by atoms with Gasteiger partial charge in [-0.2, -0.15) is 0 Å². The van der Waals surface area contributed by atoms with Gasteiger partial charge in [-0.15, -0.1) is 0 Å². The first-order valence-corrected chi connectivity index (χ1v) is 8.38. The Hall–Kier alpha value is -1.73. The second-order valence-corrected chi connectivity index (χ2v) is 6.58. The number of aliphatic hydroxyl groups is 1. The van der Waals surface area contributed by atoms with E-state index in [4.69, 9.17) is 4.74 Å². The van der Waals surface area contributed by atoms with Crippen molar-refractivity contribution in [3.63, 3.8) is 0 Å². The zero-order valence-electron chi connectivity index (χ0n) is 14.2. The average Bonchev–Trinajstić information content (AvgIpc) is 2.86. The summed E-state index contributed by atoms with van der Waals surface area (Å²) in [5.74, 6) is 0.993. The summed E-state index contributed by atoms with van der Waals surface area (Å²) < 4.78 is 7.64. The number of hydrogen-bond acceptors (Lipinski definition) is 5. The largest absolute Gasteiger partial charge is 0.385 e. The van der Waals surface area contributed by atoms with E-state index in [0.717, 1.165) is 18.9 Å². The molecule has 3 rings (SSSR count). The van der Waals surface area contributed by atoms with E-state index in [1.807, 2.05) is 37.6 Å². The molecule has 1 aliphatic rings. The number of ether oxygens (including phenoxy) is 1. The third-order valence-corrected chi connectivity index (χ3v) is 4.22. The van der Waals surface area contributed by atoms with Gasteiger partial charge in [-0.25, -0.2) is 4.98 Å². The summed E-state index contributed by atoms with van der Waals surface area (Å²) in [6.45, 7) is 4.37. The van der Waals surface area contributed by atoms with Gasteiger partial charge in [-0.05, 0) is 12.6 Å². The lowest BCUT2D eigenvalue weighted by Crippen LogP contribution is -2.50. The fourth-order valence-electron chi connectivity index (χ4n) is 3.10. The summed E-state index contributed by atoms with van der Waals surface area (Å²) >= 11 is 0. The lowest BCUT2D eigenvalue weighted by molar-refractivity contribution is -0.0465. The SMILES string of the molecule is CN(Cc1nccn1Cc1ccccc1)C[C@]1(O)CNCCOC1. The minimum absolute atomic E-state index is 0.364. The Kier molecular flexibility index (Phi) is 5.63. The molecule has 2 heterocycles. The normalized spacial score (nSPS) is 21.8. The van der Waals surface area contributed by atoms with Gasteiger partial charge in [0.2, 0.25) is 0 Å². The van der Waals surface area contributed by atoms with Gasteiger partial charge in [0, 0.05) is 38.6 Å². The maximum absolute atomic E-state index is 10.7. The minimum Gasteiger partial charge on any atom is -0.385 e. The summed E-state index contributed by atoms with van der Waals surface area (Å²) in [6.07, 6.45) is 3.83. The van der Waals surface area contributed by atoms with Gasteiger partial charge in [0.15, 0.2) is 0 Å². The highest BCUT2D eigenvalue weighted by Crippen LogP contribution is 2.12. The Morgan fingerprint density at radius 2 is 2.21 bits per heavy atom. The van der Waals surface area contributed by atoms with Crippen LogP contribution in [0.15, 0.2) is 42.7 Å². The van der Waals surface area contributed by atoms with E-state index < -0.39 is 5.60 Å². The summed E-state index contributed by atoms with van der Waals surface area (Å²) in [4.78, 5) is 6.58. The Morgan fingerprint density at radius 1 is 1.38 bits per heavy atom. The maximum atomic E-state index is 10.7. The first-order valence-electron chi connectivity index (χ1n) is 8.38. The summed E-state index contributed by atoms with van der Waals surface area (Å²) in [5, 5.41) is 13.9. The third kappa shape index (κ3) is 4.64. The zero-order valence-corrected chi connectivity index (χ0v) is 14.2. The Bertz CT molecular complexity index is 621. The third-order valence-electron chi connectivity index (χ3n) is 4.22. The number of imidazole rings is 1. The van der Waals surface area contributed by atoms with Gasteiger partial charge in [-0.1, -0.05) is 30.3 Å². The highest BCUT2D eigenvalue weighted by Gasteiger charge is 2.30. The topological polar surface area (TPSA) is 62.6 Å². The molecule has 0 bridgehead atoms. The minimum atomic E-state index is -0.859. The van der Waals surface area contributed by atoms with Crippen molar-refractivity contribution in [3.8, 4) is 0 Å². The van der Waals surface area contributed by atoms with Crippen LogP contribution >= 0.6 is 0 Å². The molecule has 130 valence electrons. The van der Waals surface area contributed by atoms with E-state index in [1.165, 1.54) is 5.56 Å². The van der Waals surface area contributed by atoms with E-state index in [-0.39, 0.29) is 0 Å². The van der Waals surface area contributed by atoms with Gasteiger partial charge < -0.3 is 19.7 Å². The molecule has 6 heteroatoms. The molecule has 0 aliphatic carbocycles. The van der Waals surface area contributed by atoms with E-state index >= 15 is 0 Å². The van der Waals surface area contributed by atoms with Crippen LogP contribution in [0.25, 0.3) is 0 Å². The number of benzene rings is 1. The van der Waals surface area contributed by atoms with Crippen LogP contribution in [-0.2, 0) is 17.8 Å². The molecule has 0 radical (unpaired) electrons. The van der Waals surface area contributed by atoms with Gasteiger partial charge in [0.1, 0.15) is 11.4 Å². The van der Waals surface area contributed by atoms with Crippen LogP contribution in [0.5, 0.6) is 0 Å². The monoisotopic (exact) mass is 330 g/mol. The molecule has 1 aromatic carbocycles. The fraction of sp³-hybridized carbons (Fsp3) is 0.500. The molecule has 1 atom stereocenters. The molecule has 0 amide bonds. The fourth-order valence-corrected chi connectivity index (χ4v) is 3.10. The molecular weight excluding hydrogens is 304 g/mol. The van der Waals surface area contributed by atoms with Crippen LogP contribution in [0, 0.1) is 0 Å². The molecule has 1 fully saturated rings. The molecule has 1 saturated heterocycles. The summed E-state index contributed by atoms with van der Waals surface area (Å²) in [7, 11) is 2.00. The van der Waals surface area contributed by atoms with E-state index in [1.54, 1.807) is 0 Å². The molecule has 1 aliphatic heterocycles. The summed E-state index contributed by atoms with van der Waals surface area (Å²) in [5.41, 5.74) is 0.390. The quantitative estimate of drug-likeness (QED) is 0.817. The number of β-amino-alcohol motifs (C(OH)–C–C–N with tert-alkyl or cyclic N) is 1. The Balaban J connectivity index is 1.60. The van der Waals surface area contributed by atoms with Crippen LogP contribution in [0.1, 0.15) is 11.4 Å². The number of likely N-dealkylation sites (N-methyl/N-ethyl adjacent to an activating group) is 1. The van der Waals surface area contributed by atoms with Crippen LogP contribution in [-0.4, -0.2) is 65.1 Å². The molecule has 6 nitrogen and oxygen atoms in total. The molecular formula is C18H26N4O2. The standard InChI is InChI=1S/C18H26N4O2/c1-21(14-18(23)13-19-8-10-24-15-18)12-17-20-7-9-22(17)11-16-5-3-2-4-6-16/h2-7,9,19,23H,8,10-15H2,1H3/t18-/m1/s1. The van der Waals surface area contributed by atoms with Gasteiger partial charge in [0.25, 0.3) is 0 Å². The van der Waals surface area contributed by atoms with E-state index in [0.29, 0.717) is 32.8 Å². The second-order valence-electron chi connectivity index (χ2n) is 6.58. The number of rotatable bonds is 6. The van der Waals surface area contributed by atoms with Crippen molar-refractivity contribution in [2.45, 2.75) is 18.7 Å². The van der Waals surface area contributed by atoms with E-state index in [9.17, 15) is 5.11 Å². The van der Waals surface area contributed by atoms with Crippen LogP contribution in [0.2, 0.25) is 0 Å². The van der Waals surface area contributed by atoms with Gasteiger partial charge in [0.05, 0.1) is 19.8 Å². The van der Waals surface area contributed by atoms with Crippen LogP contribution < -0.4 is 5.32 Å². The van der Waals surface area contributed by atoms with Crippen molar-refractivity contribution >= 4 is 0 Å². The Labute approximate surface area is 143 Å². The lowest BCUT2D eigenvalue weighted by atomic mass is 10.1. The molecule has 24 heavy (non-hydrogen) atoms. The van der Waals surface area contributed by atoms with Gasteiger partial charge in [-0.3, -0.25) is 4.90 Å². The number of hydrogen-bond donors (Lipinski definition) is 2. The molecule has 0 spiro atoms. The molecule has 0 saturated carbocycles. The van der Waals surface area contributed by atoms with Crippen LogP contribution in [0.4, 0.5) is 0 Å². The van der Waals surface area contributed by atoms with E-state index in [2.05, 4.69) is 31.9 Å². The lowest BCUT2D eigenvalue weighted by Gasteiger charge is -2.30.